The lowest BCUT2D eigenvalue weighted by Gasteiger charge is -2.37. The van der Waals surface area contributed by atoms with E-state index in [2.05, 4.69) is 4.74 Å². The summed E-state index contributed by atoms with van der Waals surface area (Å²) < 4.78 is 20.5. The van der Waals surface area contributed by atoms with Crippen LogP contribution in [0.5, 0.6) is 0 Å². The van der Waals surface area contributed by atoms with Gasteiger partial charge in [-0.15, -0.1) is 0 Å². The van der Waals surface area contributed by atoms with Gasteiger partial charge in [-0.2, -0.15) is 0 Å². The van der Waals surface area contributed by atoms with Crippen LogP contribution >= 0.6 is 0 Å². The summed E-state index contributed by atoms with van der Waals surface area (Å²) in [5, 5.41) is 0. The van der Waals surface area contributed by atoms with Crippen molar-refractivity contribution < 1.29 is 28.5 Å². The van der Waals surface area contributed by atoms with E-state index in [9.17, 15) is 9.59 Å². The van der Waals surface area contributed by atoms with Crippen LogP contribution < -0.4 is 0 Å². The van der Waals surface area contributed by atoms with Gasteiger partial charge in [-0.3, -0.25) is 4.79 Å². The fourth-order valence-corrected chi connectivity index (χ4v) is 2.75. The predicted molar refractivity (Wildman–Crippen MR) is 70.8 cm³/mol. The fraction of sp³-hybridized carbons (Fsp3) is 0.714. The third kappa shape index (κ3) is 2.65. The summed E-state index contributed by atoms with van der Waals surface area (Å²) in [6, 6.07) is 0. The SMILES string of the molecule is CCC1(C(=O)OC)C/C(=C\C(=O)OC)OC1(C)COC. The molecule has 6 nitrogen and oxygen atoms in total. The molecule has 0 bridgehead atoms. The average molecular weight is 286 g/mol. The van der Waals surface area contributed by atoms with Gasteiger partial charge in [0.05, 0.1) is 26.9 Å². The van der Waals surface area contributed by atoms with Gasteiger partial charge in [-0.1, -0.05) is 6.92 Å². The van der Waals surface area contributed by atoms with Gasteiger partial charge in [0.2, 0.25) is 0 Å². The van der Waals surface area contributed by atoms with Crippen LogP contribution in [0.3, 0.4) is 0 Å². The number of carbonyl (C=O) groups is 2. The van der Waals surface area contributed by atoms with Crippen molar-refractivity contribution in [3.63, 3.8) is 0 Å². The van der Waals surface area contributed by atoms with E-state index in [-0.39, 0.29) is 19.0 Å². The van der Waals surface area contributed by atoms with Crippen molar-refractivity contribution in [1.29, 1.82) is 0 Å². The van der Waals surface area contributed by atoms with Gasteiger partial charge in [0.25, 0.3) is 0 Å². The lowest BCUT2D eigenvalue weighted by atomic mass is 9.70. The summed E-state index contributed by atoms with van der Waals surface area (Å²) in [6.07, 6.45) is 2.05. The minimum atomic E-state index is -0.885. The van der Waals surface area contributed by atoms with Crippen molar-refractivity contribution in [3.05, 3.63) is 11.8 Å². The van der Waals surface area contributed by atoms with Crippen LogP contribution in [0.1, 0.15) is 26.7 Å². The smallest absolute Gasteiger partial charge is 0.333 e. The molecule has 6 heteroatoms. The number of hydrogen-bond donors (Lipinski definition) is 0. The largest absolute Gasteiger partial charge is 0.488 e. The molecular formula is C14H22O6. The molecule has 2 unspecified atom stereocenters. The Morgan fingerprint density at radius 1 is 1.30 bits per heavy atom. The normalized spacial score (nSPS) is 30.9. The summed E-state index contributed by atoms with van der Waals surface area (Å²) >= 11 is 0. The fourth-order valence-electron chi connectivity index (χ4n) is 2.75. The lowest BCUT2D eigenvalue weighted by Crippen LogP contribution is -2.51. The van der Waals surface area contributed by atoms with E-state index in [0.29, 0.717) is 12.2 Å². The summed E-state index contributed by atoms with van der Waals surface area (Å²) in [5.74, 6) is -0.479. The van der Waals surface area contributed by atoms with Crippen LogP contribution in [0.2, 0.25) is 0 Å². The van der Waals surface area contributed by atoms with Crippen LogP contribution in [0.4, 0.5) is 0 Å². The van der Waals surface area contributed by atoms with E-state index in [1.165, 1.54) is 27.4 Å². The molecule has 0 aliphatic carbocycles. The van der Waals surface area contributed by atoms with Crippen LogP contribution in [0.25, 0.3) is 0 Å². The van der Waals surface area contributed by atoms with Gasteiger partial charge in [0.1, 0.15) is 16.8 Å². The van der Waals surface area contributed by atoms with E-state index in [4.69, 9.17) is 14.2 Å². The zero-order valence-electron chi connectivity index (χ0n) is 12.6. The van der Waals surface area contributed by atoms with Gasteiger partial charge in [-0.25, -0.2) is 4.79 Å². The third-order valence-corrected chi connectivity index (χ3v) is 3.92. The first-order valence-corrected chi connectivity index (χ1v) is 6.44. The highest BCUT2D eigenvalue weighted by molar-refractivity contribution is 5.84. The number of esters is 2. The first-order valence-electron chi connectivity index (χ1n) is 6.44. The molecule has 0 spiro atoms. The molecule has 1 heterocycles. The second-order valence-corrected chi connectivity index (χ2v) is 5.00. The van der Waals surface area contributed by atoms with Crippen molar-refractivity contribution in [1.82, 2.24) is 0 Å². The highest BCUT2D eigenvalue weighted by Crippen LogP contribution is 2.51. The van der Waals surface area contributed by atoms with Crippen molar-refractivity contribution in [3.8, 4) is 0 Å². The number of rotatable bonds is 5. The zero-order valence-corrected chi connectivity index (χ0v) is 12.6. The van der Waals surface area contributed by atoms with Crippen LogP contribution in [0, 0.1) is 5.41 Å². The number of allylic oxidation sites excluding steroid dienone is 1. The number of carbonyl (C=O) groups excluding carboxylic acids is 2. The maximum Gasteiger partial charge on any atom is 0.333 e. The third-order valence-electron chi connectivity index (χ3n) is 3.92. The molecule has 0 amide bonds. The monoisotopic (exact) mass is 286 g/mol. The minimum Gasteiger partial charge on any atom is -0.488 e. The average Bonchev–Trinajstić information content (AvgIpc) is 2.70. The molecule has 1 saturated heterocycles. The molecule has 0 radical (unpaired) electrons. The number of methoxy groups -OCH3 is 3. The Labute approximate surface area is 119 Å². The Kier molecular flexibility index (Phi) is 5.16. The van der Waals surface area contributed by atoms with Gasteiger partial charge >= 0.3 is 11.9 Å². The molecule has 0 N–H and O–H groups in total. The highest BCUT2D eigenvalue weighted by Gasteiger charge is 2.61. The first-order chi connectivity index (χ1) is 9.39. The summed E-state index contributed by atoms with van der Waals surface area (Å²) in [7, 11) is 4.17. The number of hydrogen-bond acceptors (Lipinski definition) is 6. The van der Waals surface area contributed by atoms with Crippen molar-refractivity contribution >= 4 is 11.9 Å². The maximum atomic E-state index is 12.3. The van der Waals surface area contributed by atoms with Crippen molar-refractivity contribution in [2.75, 3.05) is 27.9 Å². The van der Waals surface area contributed by atoms with Crippen molar-refractivity contribution in [2.24, 2.45) is 5.41 Å². The molecule has 20 heavy (non-hydrogen) atoms. The van der Waals surface area contributed by atoms with Gasteiger partial charge in [0.15, 0.2) is 0 Å². The Bertz CT molecular complexity index is 416. The molecule has 1 aliphatic heterocycles. The van der Waals surface area contributed by atoms with Crippen LogP contribution in [-0.2, 0) is 28.5 Å². The lowest BCUT2D eigenvalue weighted by molar-refractivity contribution is -0.168. The van der Waals surface area contributed by atoms with Gasteiger partial charge in [-0.05, 0) is 13.3 Å². The second kappa shape index (κ2) is 6.26. The van der Waals surface area contributed by atoms with E-state index in [1.54, 1.807) is 6.92 Å². The maximum absolute atomic E-state index is 12.3. The molecule has 0 aromatic carbocycles. The summed E-state index contributed by atoms with van der Waals surface area (Å²) in [5.41, 5.74) is -1.76. The van der Waals surface area contributed by atoms with E-state index >= 15 is 0 Å². The van der Waals surface area contributed by atoms with Crippen LogP contribution in [-0.4, -0.2) is 45.5 Å². The Morgan fingerprint density at radius 3 is 2.40 bits per heavy atom. The standard InChI is InChI=1S/C14H22O6/c1-6-14(12(16)19-5)8-10(7-11(15)18-4)20-13(14,2)9-17-3/h7H,6,8-9H2,1-5H3/b10-7+. The Hall–Kier alpha value is -1.56. The number of ether oxygens (including phenoxy) is 4. The van der Waals surface area contributed by atoms with E-state index < -0.39 is 17.0 Å². The topological polar surface area (TPSA) is 71.1 Å². The van der Waals surface area contributed by atoms with Crippen molar-refractivity contribution in [2.45, 2.75) is 32.3 Å². The summed E-state index contributed by atoms with van der Waals surface area (Å²) in [4.78, 5) is 23.6. The van der Waals surface area contributed by atoms with E-state index in [0.717, 1.165) is 0 Å². The predicted octanol–water partition coefficient (Wildman–Crippen LogP) is 1.44. The molecule has 1 rings (SSSR count). The Morgan fingerprint density at radius 2 is 1.95 bits per heavy atom. The van der Waals surface area contributed by atoms with E-state index in [1.807, 2.05) is 6.92 Å². The zero-order chi connectivity index (χ0) is 15.4. The molecule has 114 valence electrons. The summed E-state index contributed by atoms with van der Waals surface area (Å²) in [6.45, 7) is 3.89. The van der Waals surface area contributed by atoms with Gasteiger partial charge in [0, 0.05) is 13.5 Å². The van der Waals surface area contributed by atoms with Gasteiger partial charge < -0.3 is 18.9 Å². The molecular weight excluding hydrogens is 264 g/mol. The molecule has 0 aromatic rings. The Balaban J connectivity index is 3.21. The molecule has 1 fully saturated rings. The quantitative estimate of drug-likeness (QED) is 0.562. The molecule has 0 aromatic heterocycles. The molecule has 0 saturated carbocycles. The first kappa shape index (κ1) is 16.5. The molecule has 2 atom stereocenters. The highest BCUT2D eigenvalue weighted by atomic mass is 16.6. The van der Waals surface area contributed by atoms with Crippen LogP contribution in [0.15, 0.2) is 11.8 Å². The molecule has 1 aliphatic rings. The minimum absolute atomic E-state index is 0.217. The second-order valence-electron chi connectivity index (χ2n) is 5.00.